The maximum atomic E-state index is 12.4. The molecule has 0 aromatic heterocycles. The Kier molecular flexibility index (Phi) is 2.97. The third kappa shape index (κ3) is 2.09. The van der Waals surface area contributed by atoms with Crippen molar-refractivity contribution in [2.24, 2.45) is 5.92 Å². The van der Waals surface area contributed by atoms with Crippen molar-refractivity contribution in [3.05, 3.63) is 41.0 Å². The van der Waals surface area contributed by atoms with E-state index in [0.717, 1.165) is 12.8 Å². The maximum absolute atomic E-state index is 12.4. The molecule has 0 spiro atoms. The summed E-state index contributed by atoms with van der Waals surface area (Å²) in [6.07, 6.45) is 6.84. The van der Waals surface area contributed by atoms with Gasteiger partial charge in [0.25, 0.3) is 0 Å². The summed E-state index contributed by atoms with van der Waals surface area (Å²) in [6.45, 7) is 0. The molecule has 1 saturated carbocycles. The minimum absolute atomic E-state index is 0.0996. The Labute approximate surface area is 111 Å². The highest BCUT2D eigenvalue weighted by Gasteiger charge is 2.29. The van der Waals surface area contributed by atoms with Gasteiger partial charge in [0.1, 0.15) is 5.75 Å². The van der Waals surface area contributed by atoms with Crippen molar-refractivity contribution in [2.45, 2.75) is 32.1 Å². The molecule has 1 fully saturated rings. The summed E-state index contributed by atoms with van der Waals surface area (Å²) in [5.74, 6) is 0.0759. The molecule has 0 heterocycles. The van der Waals surface area contributed by atoms with Crippen LogP contribution in [-0.4, -0.2) is 16.7 Å². The van der Waals surface area contributed by atoms with Crippen molar-refractivity contribution in [1.29, 1.82) is 0 Å². The molecule has 0 bridgehead atoms. The molecule has 1 N–H and O–H groups in total. The number of phenols is 1. The van der Waals surface area contributed by atoms with Crippen LogP contribution in [0.1, 0.15) is 52.8 Å². The van der Waals surface area contributed by atoms with Crippen LogP contribution in [0.15, 0.2) is 29.8 Å². The van der Waals surface area contributed by atoms with Crippen LogP contribution in [0.3, 0.4) is 0 Å². The number of ketones is 2. The molecule has 0 unspecified atom stereocenters. The van der Waals surface area contributed by atoms with E-state index >= 15 is 0 Å². The SMILES string of the molecule is O=C1C(CC2CCCC2)=CC(=O)c2c(O)cccc21. The van der Waals surface area contributed by atoms with Gasteiger partial charge in [-0.05, 0) is 24.5 Å². The first kappa shape index (κ1) is 12.2. The van der Waals surface area contributed by atoms with Crippen LogP contribution in [0.25, 0.3) is 0 Å². The predicted molar refractivity (Wildman–Crippen MR) is 71.4 cm³/mol. The Hall–Kier alpha value is -1.90. The van der Waals surface area contributed by atoms with E-state index in [1.54, 1.807) is 12.1 Å². The number of benzene rings is 1. The zero-order valence-corrected chi connectivity index (χ0v) is 10.7. The van der Waals surface area contributed by atoms with Crippen LogP contribution >= 0.6 is 0 Å². The van der Waals surface area contributed by atoms with Crippen molar-refractivity contribution < 1.29 is 14.7 Å². The largest absolute Gasteiger partial charge is 0.507 e. The number of aromatic hydroxyl groups is 1. The number of carbonyl (C=O) groups is 2. The number of carbonyl (C=O) groups excluding carboxylic acids is 2. The average Bonchev–Trinajstić information content (AvgIpc) is 2.88. The summed E-state index contributed by atoms with van der Waals surface area (Å²) in [5.41, 5.74) is 1.11. The molecular formula is C16H16O3. The molecule has 2 aliphatic carbocycles. The third-order valence-corrected chi connectivity index (χ3v) is 4.11. The molecule has 3 rings (SSSR count). The van der Waals surface area contributed by atoms with Gasteiger partial charge in [-0.15, -0.1) is 0 Å². The van der Waals surface area contributed by atoms with Crippen LogP contribution in [-0.2, 0) is 0 Å². The fourth-order valence-electron chi connectivity index (χ4n) is 3.13. The number of hydrogen-bond donors (Lipinski definition) is 1. The van der Waals surface area contributed by atoms with Gasteiger partial charge in [-0.1, -0.05) is 37.8 Å². The standard InChI is InChI=1S/C16H16O3/c17-13-7-3-6-12-15(13)14(18)9-11(16(12)19)8-10-4-1-2-5-10/h3,6-7,9-10,17H,1-2,4-5,8H2. The average molecular weight is 256 g/mol. The van der Waals surface area contributed by atoms with Crippen molar-refractivity contribution in [2.75, 3.05) is 0 Å². The second kappa shape index (κ2) is 4.65. The molecule has 2 aliphatic rings. The second-order valence-corrected chi connectivity index (χ2v) is 5.42. The summed E-state index contributed by atoms with van der Waals surface area (Å²) >= 11 is 0. The van der Waals surface area contributed by atoms with Gasteiger partial charge in [0.15, 0.2) is 11.6 Å². The monoisotopic (exact) mass is 256 g/mol. The lowest BCUT2D eigenvalue weighted by Crippen LogP contribution is -2.18. The first-order chi connectivity index (χ1) is 9.16. The topological polar surface area (TPSA) is 54.4 Å². The predicted octanol–water partition coefficient (Wildman–Crippen LogP) is 3.28. The lowest BCUT2D eigenvalue weighted by atomic mass is 9.84. The van der Waals surface area contributed by atoms with Crippen LogP contribution < -0.4 is 0 Å². The van der Waals surface area contributed by atoms with E-state index in [9.17, 15) is 14.7 Å². The Balaban J connectivity index is 1.93. The van der Waals surface area contributed by atoms with Gasteiger partial charge < -0.3 is 5.11 Å². The molecule has 0 saturated heterocycles. The normalized spacial score (nSPS) is 19.5. The minimum Gasteiger partial charge on any atom is -0.507 e. The number of allylic oxidation sites excluding steroid dienone is 2. The van der Waals surface area contributed by atoms with Gasteiger partial charge in [0, 0.05) is 11.1 Å². The van der Waals surface area contributed by atoms with Crippen molar-refractivity contribution in [3.63, 3.8) is 0 Å². The molecule has 3 heteroatoms. The summed E-state index contributed by atoms with van der Waals surface area (Å²) in [7, 11) is 0. The quantitative estimate of drug-likeness (QED) is 0.883. The molecule has 0 aliphatic heterocycles. The highest BCUT2D eigenvalue weighted by Crippen LogP contribution is 2.35. The van der Waals surface area contributed by atoms with Crippen molar-refractivity contribution in [3.8, 4) is 5.75 Å². The molecule has 3 nitrogen and oxygen atoms in total. The van der Waals surface area contributed by atoms with E-state index in [-0.39, 0.29) is 22.9 Å². The molecule has 1 aromatic carbocycles. The lowest BCUT2D eigenvalue weighted by Gasteiger charge is -2.18. The van der Waals surface area contributed by atoms with Gasteiger partial charge in [0.05, 0.1) is 5.56 Å². The number of fused-ring (bicyclic) bond motifs is 1. The first-order valence-corrected chi connectivity index (χ1v) is 6.78. The van der Waals surface area contributed by atoms with Crippen LogP contribution in [0, 0.1) is 5.92 Å². The number of Topliss-reactive ketones (excluding diaryl/α,β-unsaturated/α-hetero) is 1. The Morgan fingerprint density at radius 3 is 2.63 bits per heavy atom. The molecule has 1 aromatic rings. The Morgan fingerprint density at radius 1 is 1.16 bits per heavy atom. The molecule has 0 amide bonds. The fourth-order valence-corrected chi connectivity index (χ4v) is 3.13. The lowest BCUT2D eigenvalue weighted by molar-refractivity contribution is 0.0977. The van der Waals surface area contributed by atoms with Gasteiger partial charge in [-0.2, -0.15) is 0 Å². The molecule has 98 valence electrons. The third-order valence-electron chi connectivity index (χ3n) is 4.11. The van der Waals surface area contributed by atoms with E-state index in [2.05, 4.69) is 0 Å². The summed E-state index contributed by atoms with van der Waals surface area (Å²) in [5, 5.41) is 9.71. The zero-order chi connectivity index (χ0) is 13.4. The summed E-state index contributed by atoms with van der Waals surface area (Å²) < 4.78 is 0. The number of phenolic OH excluding ortho intramolecular Hbond substituents is 1. The Bertz CT molecular complexity index is 578. The van der Waals surface area contributed by atoms with Crippen molar-refractivity contribution in [1.82, 2.24) is 0 Å². The summed E-state index contributed by atoms with van der Waals surface area (Å²) in [4.78, 5) is 24.4. The summed E-state index contributed by atoms with van der Waals surface area (Å²) in [6, 6.07) is 4.68. The van der Waals surface area contributed by atoms with E-state index < -0.39 is 0 Å². The highest BCUT2D eigenvalue weighted by atomic mass is 16.3. The molecule has 0 atom stereocenters. The maximum Gasteiger partial charge on any atom is 0.190 e. The van der Waals surface area contributed by atoms with E-state index in [0.29, 0.717) is 23.5 Å². The number of hydrogen-bond acceptors (Lipinski definition) is 3. The molecule has 19 heavy (non-hydrogen) atoms. The van der Waals surface area contributed by atoms with Crippen molar-refractivity contribution >= 4 is 11.6 Å². The van der Waals surface area contributed by atoms with Gasteiger partial charge in [-0.3, -0.25) is 9.59 Å². The van der Waals surface area contributed by atoms with Crippen LogP contribution in [0.5, 0.6) is 5.75 Å². The van der Waals surface area contributed by atoms with Crippen LogP contribution in [0.4, 0.5) is 0 Å². The molecular weight excluding hydrogens is 240 g/mol. The van der Waals surface area contributed by atoms with Crippen LogP contribution in [0.2, 0.25) is 0 Å². The van der Waals surface area contributed by atoms with E-state index in [4.69, 9.17) is 0 Å². The van der Waals surface area contributed by atoms with E-state index in [1.807, 2.05) is 0 Å². The zero-order valence-electron chi connectivity index (χ0n) is 10.7. The molecule has 0 radical (unpaired) electrons. The number of rotatable bonds is 2. The van der Waals surface area contributed by atoms with Gasteiger partial charge in [0.2, 0.25) is 0 Å². The second-order valence-electron chi connectivity index (χ2n) is 5.42. The minimum atomic E-state index is -0.249. The smallest absolute Gasteiger partial charge is 0.190 e. The van der Waals surface area contributed by atoms with Gasteiger partial charge >= 0.3 is 0 Å². The fraction of sp³-hybridized carbons (Fsp3) is 0.375. The Morgan fingerprint density at radius 2 is 1.89 bits per heavy atom. The first-order valence-electron chi connectivity index (χ1n) is 6.78. The van der Waals surface area contributed by atoms with E-state index in [1.165, 1.54) is 25.0 Å². The van der Waals surface area contributed by atoms with Gasteiger partial charge in [-0.25, -0.2) is 0 Å². The highest BCUT2D eigenvalue weighted by molar-refractivity contribution is 6.25.